The first-order chi connectivity index (χ1) is 9.19. The fraction of sp³-hybridized carbons (Fsp3) is 0.533. The van der Waals surface area contributed by atoms with Crippen LogP contribution in [0.5, 0.6) is 5.75 Å². The number of piperidine rings is 1. The van der Waals surface area contributed by atoms with Gasteiger partial charge in [-0.05, 0) is 43.5 Å². The molecule has 1 atom stereocenters. The monoisotopic (exact) mass is 278 g/mol. The number of benzene rings is 1. The van der Waals surface area contributed by atoms with E-state index in [9.17, 15) is 0 Å². The van der Waals surface area contributed by atoms with Gasteiger partial charge in [0.25, 0.3) is 0 Å². The van der Waals surface area contributed by atoms with Crippen molar-refractivity contribution in [3.05, 3.63) is 29.8 Å². The van der Waals surface area contributed by atoms with Crippen LogP contribution in [0.3, 0.4) is 0 Å². The number of hydrogen-bond donors (Lipinski definition) is 1. The van der Waals surface area contributed by atoms with Crippen molar-refractivity contribution in [1.82, 2.24) is 4.90 Å². The second-order valence-electron chi connectivity index (χ2n) is 5.14. The molecule has 1 heterocycles. The van der Waals surface area contributed by atoms with Crippen LogP contribution in [0, 0.1) is 5.92 Å². The van der Waals surface area contributed by atoms with E-state index in [0.29, 0.717) is 10.9 Å². The van der Waals surface area contributed by atoms with Crippen LogP contribution in [0.1, 0.15) is 18.4 Å². The summed E-state index contributed by atoms with van der Waals surface area (Å²) in [6, 6.07) is 8.30. The van der Waals surface area contributed by atoms with E-state index in [1.54, 1.807) is 7.11 Å². The molecule has 1 aromatic rings. The van der Waals surface area contributed by atoms with Crippen molar-refractivity contribution in [2.45, 2.75) is 19.3 Å². The summed E-state index contributed by atoms with van der Waals surface area (Å²) in [5.41, 5.74) is 7.11. The maximum absolute atomic E-state index is 5.76. The molecule has 19 heavy (non-hydrogen) atoms. The van der Waals surface area contributed by atoms with Gasteiger partial charge in [-0.1, -0.05) is 24.4 Å². The summed E-state index contributed by atoms with van der Waals surface area (Å²) < 4.78 is 5.17. The van der Waals surface area contributed by atoms with Gasteiger partial charge in [0.05, 0.1) is 12.1 Å². The average molecular weight is 278 g/mol. The molecule has 1 aliphatic rings. The lowest BCUT2D eigenvalue weighted by molar-refractivity contribution is 0.207. The number of likely N-dealkylation sites (tertiary alicyclic amines) is 1. The first-order valence-corrected chi connectivity index (χ1v) is 7.24. The van der Waals surface area contributed by atoms with Gasteiger partial charge in [-0.15, -0.1) is 0 Å². The lowest BCUT2D eigenvalue weighted by Crippen LogP contribution is -2.41. The number of methoxy groups -OCH3 is 1. The SMILES string of the molecule is COc1ccc(CCN2CCCC(C(N)=S)C2)cc1. The minimum atomic E-state index is 0.402. The third-order valence-electron chi connectivity index (χ3n) is 3.78. The highest BCUT2D eigenvalue weighted by molar-refractivity contribution is 7.80. The summed E-state index contributed by atoms with van der Waals surface area (Å²) in [6.07, 6.45) is 3.41. The first kappa shape index (κ1) is 14.3. The Balaban J connectivity index is 1.82. The zero-order chi connectivity index (χ0) is 13.7. The predicted octanol–water partition coefficient (Wildman–Crippen LogP) is 2.24. The molecule has 1 aromatic carbocycles. The number of nitrogens with two attached hydrogens (primary N) is 1. The highest BCUT2D eigenvalue weighted by Crippen LogP contribution is 2.18. The standard InChI is InChI=1S/C15H22N2OS/c1-18-14-6-4-12(5-7-14)8-10-17-9-2-3-13(11-17)15(16)19/h4-7,13H,2-3,8-11H2,1H3,(H2,16,19). The lowest BCUT2D eigenvalue weighted by atomic mass is 9.98. The molecule has 0 aliphatic carbocycles. The van der Waals surface area contributed by atoms with Gasteiger partial charge in [0.1, 0.15) is 5.75 Å². The molecule has 0 amide bonds. The van der Waals surface area contributed by atoms with E-state index in [4.69, 9.17) is 22.7 Å². The van der Waals surface area contributed by atoms with Crippen molar-refractivity contribution in [3.63, 3.8) is 0 Å². The molecule has 0 spiro atoms. The number of ether oxygens (including phenoxy) is 1. The molecule has 1 aliphatic heterocycles. The molecule has 0 saturated carbocycles. The largest absolute Gasteiger partial charge is 0.497 e. The topological polar surface area (TPSA) is 38.5 Å². The second kappa shape index (κ2) is 6.87. The van der Waals surface area contributed by atoms with Gasteiger partial charge >= 0.3 is 0 Å². The lowest BCUT2D eigenvalue weighted by Gasteiger charge is -2.32. The Labute approximate surface area is 120 Å². The molecular weight excluding hydrogens is 256 g/mol. The molecule has 104 valence electrons. The van der Waals surface area contributed by atoms with Gasteiger partial charge in [-0.3, -0.25) is 0 Å². The molecule has 1 unspecified atom stereocenters. The van der Waals surface area contributed by atoms with Crippen molar-refractivity contribution < 1.29 is 4.74 Å². The Morgan fingerprint density at radius 3 is 2.79 bits per heavy atom. The number of hydrogen-bond acceptors (Lipinski definition) is 3. The quantitative estimate of drug-likeness (QED) is 0.838. The van der Waals surface area contributed by atoms with Gasteiger partial charge in [-0.2, -0.15) is 0 Å². The molecule has 1 saturated heterocycles. The molecule has 2 rings (SSSR count). The summed E-state index contributed by atoms with van der Waals surface area (Å²) in [4.78, 5) is 3.14. The Bertz CT molecular complexity index is 419. The van der Waals surface area contributed by atoms with Crippen molar-refractivity contribution in [1.29, 1.82) is 0 Å². The molecule has 1 fully saturated rings. The van der Waals surface area contributed by atoms with Crippen molar-refractivity contribution >= 4 is 17.2 Å². The molecule has 0 bridgehead atoms. The Hall–Kier alpha value is -1.13. The molecule has 3 nitrogen and oxygen atoms in total. The second-order valence-corrected chi connectivity index (χ2v) is 5.61. The summed E-state index contributed by atoms with van der Waals surface area (Å²) in [6.45, 7) is 3.26. The highest BCUT2D eigenvalue weighted by Gasteiger charge is 2.21. The summed E-state index contributed by atoms with van der Waals surface area (Å²) >= 11 is 5.11. The Morgan fingerprint density at radius 2 is 2.16 bits per heavy atom. The minimum absolute atomic E-state index is 0.402. The molecule has 2 N–H and O–H groups in total. The van der Waals surface area contributed by atoms with Crippen molar-refractivity contribution in [3.8, 4) is 5.75 Å². The number of nitrogens with zero attached hydrogens (tertiary/aromatic N) is 1. The van der Waals surface area contributed by atoms with Gasteiger partial charge < -0.3 is 15.4 Å². The third kappa shape index (κ3) is 4.18. The predicted molar refractivity (Wildman–Crippen MR) is 82.6 cm³/mol. The third-order valence-corrected chi connectivity index (χ3v) is 4.12. The van der Waals surface area contributed by atoms with Crippen LogP contribution in [0.25, 0.3) is 0 Å². The van der Waals surface area contributed by atoms with Crippen LogP contribution in [0.4, 0.5) is 0 Å². The summed E-state index contributed by atoms with van der Waals surface area (Å²) in [5.74, 6) is 1.31. The molecule has 0 radical (unpaired) electrons. The van der Waals surface area contributed by atoms with Gasteiger partial charge in [0.15, 0.2) is 0 Å². The van der Waals surface area contributed by atoms with Gasteiger partial charge in [0, 0.05) is 19.0 Å². The maximum atomic E-state index is 5.76. The molecule has 0 aromatic heterocycles. The van der Waals surface area contributed by atoms with E-state index in [1.165, 1.54) is 12.0 Å². The zero-order valence-corrected chi connectivity index (χ0v) is 12.3. The Morgan fingerprint density at radius 1 is 1.42 bits per heavy atom. The zero-order valence-electron chi connectivity index (χ0n) is 11.5. The van der Waals surface area contributed by atoms with Crippen LogP contribution in [0.2, 0.25) is 0 Å². The van der Waals surface area contributed by atoms with Crippen LogP contribution >= 0.6 is 12.2 Å². The summed E-state index contributed by atoms with van der Waals surface area (Å²) in [5, 5.41) is 0. The normalized spacial score (nSPS) is 20.2. The number of thiocarbonyl (C=S) groups is 1. The van der Waals surface area contributed by atoms with Crippen LogP contribution in [0.15, 0.2) is 24.3 Å². The van der Waals surface area contributed by atoms with Crippen LogP contribution in [-0.4, -0.2) is 36.6 Å². The van der Waals surface area contributed by atoms with Gasteiger partial charge in [-0.25, -0.2) is 0 Å². The van der Waals surface area contributed by atoms with Gasteiger partial charge in [0.2, 0.25) is 0 Å². The fourth-order valence-electron chi connectivity index (χ4n) is 2.57. The van der Waals surface area contributed by atoms with E-state index >= 15 is 0 Å². The van der Waals surface area contributed by atoms with Crippen LogP contribution in [-0.2, 0) is 6.42 Å². The smallest absolute Gasteiger partial charge is 0.118 e. The van der Waals surface area contributed by atoms with E-state index in [0.717, 1.165) is 38.2 Å². The van der Waals surface area contributed by atoms with Crippen molar-refractivity contribution in [2.75, 3.05) is 26.7 Å². The number of rotatable bonds is 5. The fourth-order valence-corrected chi connectivity index (χ4v) is 2.76. The van der Waals surface area contributed by atoms with Crippen molar-refractivity contribution in [2.24, 2.45) is 11.7 Å². The maximum Gasteiger partial charge on any atom is 0.118 e. The highest BCUT2D eigenvalue weighted by atomic mass is 32.1. The molecular formula is C15H22N2OS. The summed E-state index contributed by atoms with van der Waals surface area (Å²) in [7, 11) is 1.69. The van der Waals surface area contributed by atoms with E-state index in [2.05, 4.69) is 17.0 Å². The minimum Gasteiger partial charge on any atom is -0.497 e. The van der Waals surface area contributed by atoms with E-state index < -0.39 is 0 Å². The average Bonchev–Trinajstić information content (AvgIpc) is 2.46. The molecule has 4 heteroatoms. The Kier molecular flexibility index (Phi) is 5.16. The van der Waals surface area contributed by atoms with E-state index in [1.807, 2.05) is 12.1 Å². The van der Waals surface area contributed by atoms with E-state index in [-0.39, 0.29) is 0 Å². The first-order valence-electron chi connectivity index (χ1n) is 6.83. The van der Waals surface area contributed by atoms with Crippen LogP contribution < -0.4 is 10.5 Å².